The molecule has 0 aliphatic heterocycles. The number of aromatic nitrogens is 4. The number of thioether (sulfide) groups is 1. The van der Waals surface area contributed by atoms with Gasteiger partial charge in [-0.15, -0.1) is 16.9 Å². The van der Waals surface area contributed by atoms with Crippen LogP contribution in [0.5, 0.6) is 0 Å². The molecular formula is C12H13FN4O2S. The molecule has 6 nitrogen and oxygen atoms in total. The minimum Gasteiger partial charge on any atom is -0.460 e. The number of hydrogen-bond donors (Lipinski definition) is 0. The van der Waals surface area contributed by atoms with E-state index in [4.69, 9.17) is 4.74 Å². The molecule has 1 aromatic carbocycles. The average Bonchev–Trinajstić information content (AvgIpc) is 2.90. The monoisotopic (exact) mass is 296 g/mol. The van der Waals surface area contributed by atoms with Crippen LogP contribution in [0.25, 0.3) is 0 Å². The van der Waals surface area contributed by atoms with Crippen molar-refractivity contribution < 1.29 is 13.9 Å². The Hall–Kier alpha value is -1.96. The van der Waals surface area contributed by atoms with E-state index in [9.17, 15) is 9.18 Å². The highest BCUT2D eigenvalue weighted by Gasteiger charge is 2.16. The van der Waals surface area contributed by atoms with Crippen LogP contribution in [0.2, 0.25) is 0 Å². The number of rotatable bonds is 6. The summed E-state index contributed by atoms with van der Waals surface area (Å²) in [4.78, 5) is 12.1. The lowest BCUT2D eigenvalue weighted by molar-refractivity contribution is 0.0504. The van der Waals surface area contributed by atoms with Crippen LogP contribution < -0.4 is 0 Å². The quantitative estimate of drug-likeness (QED) is 0.598. The van der Waals surface area contributed by atoms with Crippen LogP contribution in [0.3, 0.4) is 0 Å². The Bertz CT molecular complexity index is 590. The number of benzene rings is 1. The van der Waals surface area contributed by atoms with Crippen LogP contribution in [0, 0.1) is 5.82 Å². The van der Waals surface area contributed by atoms with Gasteiger partial charge in [0.15, 0.2) is 0 Å². The van der Waals surface area contributed by atoms with E-state index in [-0.39, 0.29) is 18.2 Å². The van der Waals surface area contributed by atoms with Crippen molar-refractivity contribution >= 4 is 17.7 Å². The van der Waals surface area contributed by atoms with Gasteiger partial charge >= 0.3 is 5.97 Å². The first kappa shape index (κ1) is 14.4. The van der Waals surface area contributed by atoms with E-state index in [1.807, 2.05) is 0 Å². The van der Waals surface area contributed by atoms with Gasteiger partial charge in [-0.1, -0.05) is 12.1 Å². The lowest BCUT2D eigenvalue weighted by atomic mass is 10.3. The molecule has 1 heterocycles. The fraction of sp³-hybridized carbons (Fsp3) is 0.333. The average molecular weight is 296 g/mol. The standard InChI is InChI=1S/C12H13FN4O2S/c1-2-19-12(18)11-14-15-16-17(11)7-8-20-10-6-4-3-5-9(10)13/h3-6H,2,7-8H2,1H3. The van der Waals surface area contributed by atoms with E-state index in [0.717, 1.165) is 0 Å². The fourth-order valence-electron chi connectivity index (χ4n) is 1.50. The molecule has 106 valence electrons. The van der Waals surface area contributed by atoms with Crippen molar-refractivity contribution in [3.05, 3.63) is 35.9 Å². The number of nitrogens with zero attached hydrogens (tertiary/aromatic N) is 4. The Labute approximate surface area is 119 Å². The second-order valence-electron chi connectivity index (χ2n) is 3.72. The third-order valence-electron chi connectivity index (χ3n) is 2.39. The summed E-state index contributed by atoms with van der Waals surface area (Å²) in [6, 6.07) is 6.52. The second-order valence-corrected chi connectivity index (χ2v) is 4.86. The minimum atomic E-state index is -0.562. The maximum absolute atomic E-state index is 13.4. The van der Waals surface area contributed by atoms with Gasteiger partial charge in [0.25, 0.3) is 5.82 Å². The Balaban J connectivity index is 1.93. The Morgan fingerprint density at radius 3 is 3.00 bits per heavy atom. The van der Waals surface area contributed by atoms with E-state index >= 15 is 0 Å². The van der Waals surface area contributed by atoms with Crippen LogP contribution in [0.1, 0.15) is 17.5 Å². The molecule has 2 rings (SSSR count). The molecule has 2 aromatic rings. The van der Waals surface area contributed by atoms with Crippen molar-refractivity contribution in [2.24, 2.45) is 0 Å². The molecular weight excluding hydrogens is 283 g/mol. The summed E-state index contributed by atoms with van der Waals surface area (Å²) in [5, 5.41) is 10.8. The zero-order valence-electron chi connectivity index (χ0n) is 10.8. The Morgan fingerprint density at radius 2 is 2.25 bits per heavy atom. The molecule has 0 aliphatic carbocycles. The lowest BCUT2D eigenvalue weighted by Crippen LogP contribution is -2.15. The van der Waals surface area contributed by atoms with Crippen LogP contribution in [-0.2, 0) is 11.3 Å². The van der Waals surface area contributed by atoms with Crippen molar-refractivity contribution in [3.8, 4) is 0 Å². The minimum absolute atomic E-state index is 0.0565. The molecule has 0 aliphatic rings. The molecule has 0 bridgehead atoms. The predicted molar refractivity (Wildman–Crippen MR) is 70.9 cm³/mol. The van der Waals surface area contributed by atoms with E-state index in [1.165, 1.54) is 22.5 Å². The predicted octanol–water partition coefficient (Wildman–Crippen LogP) is 1.78. The zero-order valence-corrected chi connectivity index (χ0v) is 11.6. The topological polar surface area (TPSA) is 69.9 Å². The van der Waals surface area contributed by atoms with E-state index in [1.54, 1.807) is 25.1 Å². The maximum atomic E-state index is 13.4. The van der Waals surface area contributed by atoms with Crippen LogP contribution in [-0.4, -0.2) is 38.5 Å². The molecule has 20 heavy (non-hydrogen) atoms. The SMILES string of the molecule is CCOC(=O)c1nnnn1CCSc1ccccc1F. The Kier molecular flexibility index (Phi) is 5.05. The highest BCUT2D eigenvalue weighted by Crippen LogP contribution is 2.21. The Morgan fingerprint density at radius 1 is 1.45 bits per heavy atom. The molecule has 8 heteroatoms. The first-order valence-corrected chi connectivity index (χ1v) is 7.01. The summed E-state index contributed by atoms with van der Waals surface area (Å²) in [6.07, 6.45) is 0. The molecule has 0 spiro atoms. The summed E-state index contributed by atoms with van der Waals surface area (Å²) in [5.74, 6) is -0.229. The third kappa shape index (κ3) is 3.53. The van der Waals surface area contributed by atoms with E-state index < -0.39 is 5.97 Å². The number of aryl methyl sites for hydroxylation is 1. The molecule has 0 saturated carbocycles. The van der Waals surface area contributed by atoms with Gasteiger partial charge in [0.05, 0.1) is 13.2 Å². The van der Waals surface area contributed by atoms with Gasteiger partial charge in [-0.2, -0.15) is 0 Å². The van der Waals surface area contributed by atoms with Crippen molar-refractivity contribution in [3.63, 3.8) is 0 Å². The van der Waals surface area contributed by atoms with Crippen LogP contribution in [0.4, 0.5) is 4.39 Å². The molecule has 0 amide bonds. The summed E-state index contributed by atoms with van der Waals surface area (Å²) in [5.41, 5.74) is 0. The van der Waals surface area contributed by atoms with Gasteiger partial charge in [-0.25, -0.2) is 13.9 Å². The molecule has 0 atom stereocenters. The largest absolute Gasteiger partial charge is 0.460 e. The van der Waals surface area contributed by atoms with Gasteiger partial charge in [-0.3, -0.25) is 0 Å². The number of hydrogen-bond acceptors (Lipinski definition) is 6. The summed E-state index contributed by atoms with van der Waals surface area (Å²) < 4.78 is 19.6. The molecule has 1 aromatic heterocycles. The number of carbonyl (C=O) groups excluding carboxylic acids is 1. The molecule has 0 fully saturated rings. The normalized spacial score (nSPS) is 10.5. The zero-order chi connectivity index (χ0) is 14.4. The maximum Gasteiger partial charge on any atom is 0.378 e. The number of halogens is 1. The number of ether oxygens (including phenoxy) is 1. The molecule has 0 saturated heterocycles. The third-order valence-corrected chi connectivity index (χ3v) is 3.42. The van der Waals surface area contributed by atoms with Crippen molar-refractivity contribution in [2.75, 3.05) is 12.4 Å². The van der Waals surface area contributed by atoms with Gasteiger partial charge in [0.1, 0.15) is 5.82 Å². The summed E-state index contributed by atoms with van der Waals surface area (Å²) >= 11 is 1.34. The second kappa shape index (κ2) is 6.99. The van der Waals surface area contributed by atoms with Gasteiger partial charge in [0, 0.05) is 10.6 Å². The van der Waals surface area contributed by atoms with Crippen molar-refractivity contribution in [1.82, 2.24) is 20.2 Å². The van der Waals surface area contributed by atoms with E-state index in [0.29, 0.717) is 17.2 Å². The van der Waals surface area contributed by atoms with Crippen LogP contribution in [0.15, 0.2) is 29.2 Å². The smallest absolute Gasteiger partial charge is 0.378 e. The molecule has 0 unspecified atom stereocenters. The van der Waals surface area contributed by atoms with Gasteiger partial charge in [0.2, 0.25) is 0 Å². The van der Waals surface area contributed by atoms with Crippen molar-refractivity contribution in [1.29, 1.82) is 0 Å². The molecule has 0 N–H and O–H groups in total. The number of tetrazole rings is 1. The number of esters is 1. The van der Waals surface area contributed by atoms with Crippen molar-refractivity contribution in [2.45, 2.75) is 18.4 Å². The van der Waals surface area contributed by atoms with E-state index in [2.05, 4.69) is 15.5 Å². The van der Waals surface area contributed by atoms with Gasteiger partial charge in [-0.05, 0) is 29.5 Å². The summed E-state index contributed by atoms with van der Waals surface area (Å²) in [6.45, 7) is 2.36. The summed E-state index contributed by atoms with van der Waals surface area (Å²) in [7, 11) is 0. The fourth-order valence-corrected chi connectivity index (χ4v) is 2.37. The first-order chi connectivity index (χ1) is 9.72. The van der Waals surface area contributed by atoms with Crippen LogP contribution >= 0.6 is 11.8 Å². The molecule has 0 radical (unpaired) electrons. The first-order valence-electron chi connectivity index (χ1n) is 6.03. The highest BCUT2D eigenvalue weighted by molar-refractivity contribution is 7.99. The number of carbonyl (C=O) groups is 1. The van der Waals surface area contributed by atoms with Gasteiger partial charge < -0.3 is 4.74 Å². The lowest BCUT2D eigenvalue weighted by Gasteiger charge is -2.05. The highest BCUT2D eigenvalue weighted by atomic mass is 32.2.